The van der Waals surface area contributed by atoms with Gasteiger partial charge in [0.25, 0.3) is 0 Å². The molecule has 0 unspecified atom stereocenters. The first kappa shape index (κ1) is 15.1. The van der Waals surface area contributed by atoms with E-state index in [4.69, 9.17) is 17.3 Å². The third-order valence-electron chi connectivity index (χ3n) is 3.23. The predicted octanol–water partition coefficient (Wildman–Crippen LogP) is 4.30. The van der Waals surface area contributed by atoms with Crippen LogP contribution in [0.1, 0.15) is 11.4 Å². The molecule has 0 fully saturated rings. The topological polar surface area (TPSA) is 63.8 Å². The van der Waals surface area contributed by atoms with Gasteiger partial charge in [-0.15, -0.1) is 0 Å². The molecule has 4 nitrogen and oxygen atoms in total. The molecule has 0 spiro atoms. The molecule has 0 saturated heterocycles. The Labute approximate surface area is 139 Å². The fraction of sp³-hybridized carbons (Fsp3) is 0. The van der Waals surface area contributed by atoms with Crippen molar-refractivity contribution >= 4 is 40.5 Å². The number of hydrogen-bond donors (Lipinski definition) is 2. The van der Waals surface area contributed by atoms with Gasteiger partial charge in [-0.1, -0.05) is 41.9 Å². The van der Waals surface area contributed by atoms with Crippen molar-refractivity contribution in [3.63, 3.8) is 0 Å². The van der Waals surface area contributed by atoms with E-state index in [1.165, 1.54) is 6.20 Å². The van der Waals surface area contributed by atoms with Crippen molar-refractivity contribution in [2.24, 2.45) is 5.73 Å². The van der Waals surface area contributed by atoms with E-state index < -0.39 is 0 Å². The molecule has 114 valence electrons. The van der Waals surface area contributed by atoms with Crippen molar-refractivity contribution in [3.05, 3.63) is 77.3 Å². The highest BCUT2D eigenvalue weighted by atomic mass is 35.5. The van der Waals surface area contributed by atoms with Crippen molar-refractivity contribution in [1.29, 1.82) is 0 Å². The summed E-state index contributed by atoms with van der Waals surface area (Å²) in [5, 5.41) is 4.73. The normalized spacial score (nSPS) is 11.5. The Morgan fingerprint density at radius 1 is 0.957 bits per heavy atom. The molecule has 23 heavy (non-hydrogen) atoms. The minimum Gasteiger partial charge on any atom is -0.403 e. The highest BCUT2D eigenvalue weighted by molar-refractivity contribution is 6.30. The molecule has 0 saturated carbocycles. The average molecular weight is 323 g/mol. The summed E-state index contributed by atoms with van der Waals surface area (Å²) in [5.41, 5.74) is 7.29. The highest BCUT2D eigenvalue weighted by Crippen LogP contribution is 2.21. The zero-order chi connectivity index (χ0) is 16.1. The summed E-state index contributed by atoms with van der Waals surface area (Å²) >= 11 is 5.89. The number of nitrogens with two attached hydrogens (primary N) is 1. The Kier molecular flexibility index (Phi) is 4.54. The van der Waals surface area contributed by atoms with Crippen molar-refractivity contribution in [1.82, 2.24) is 9.97 Å². The summed E-state index contributed by atoms with van der Waals surface area (Å²) in [6.45, 7) is 0. The molecule has 0 bridgehead atoms. The maximum absolute atomic E-state index is 5.89. The molecule has 2 aromatic carbocycles. The lowest BCUT2D eigenvalue weighted by Crippen LogP contribution is -1.98. The van der Waals surface area contributed by atoms with E-state index in [0.29, 0.717) is 16.7 Å². The summed E-state index contributed by atoms with van der Waals surface area (Å²) in [4.78, 5) is 9.09. The van der Waals surface area contributed by atoms with Crippen LogP contribution < -0.4 is 11.1 Å². The lowest BCUT2D eigenvalue weighted by atomic mass is 10.2. The summed E-state index contributed by atoms with van der Waals surface area (Å²) in [7, 11) is 0. The van der Waals surface area contributed by atoms with E-state index in [0.717, 1.165) is 16.5 Å². The first-order valence-corrected chi connectivity index (χ1v) is 7.48. The van der Waals surface area contributed by atoms with Gasteiger partial charge in [0.2, 0.25) is 0 Å². The van der Waals surface area contributed by atoms with Gasteiger partial charge < -0.3 is 11.1 Å². The molecule has 3 rings (SSSR count). The SMILES string of the molecule is N/C=C/Nc1nc(/C=C/c2ccc(Cl)cc2)nc2ccccc12. The molecule has 5 heteroatoms. The molecule has 1 aromatic heterocycles. The van der Waals surface area contributed by atoms with Gasteiger partial charge in [0.15, 0.2) is 5.82 Å². The molecule has 3 N–H and O–H groups in total. The van der Waals surface area contributed by atoms with Crippen LogP contribution >= 0.6 is 11.6 Å². The molecule has 3 aromatic rings. The molecule has 0 radical (unpaired) electrons. The van der Waals surface area contributed by atoms with E-state index in [1.54, 1.807) is 6.20 Å². The van der Waals surface area contributed by atoms with E-state index >= 15 is 0 Å². The minimum atomic E-state index is 0.617. The first-order valence-electron chi connectivity index (χ1n) is 7.10. The fourth-order valence-corrected chi connectivity index (χ4v) is 2.28. The van der Waals surface area contributed by atoms with E-state index in [1.807, 2.05) is 60.7 Å². The lowest BCUT2D eigenvalue weighted by molar-refractivity contribution is 1.18. The number of nitrogens with one attached hydrogen (secondary N) is 1. The first-order chi connectivity index (χ1) is 11.3. The summed E-state index contributed by atoms with van der Waals surface area (Å²) < 4.78 is 0. The Bertz CT molecular complexity index is 870. The zero-order valence-corrected chi connectivity index (χ0v) is 13.0. The van der Waals surface area contributed by atoms with Gasteiger partial charge >= 0.3 is 0 Å². The number of benzene rings is 2. The smallest absolute Gasteiger partial charge is 0.154 e. The Morgan fingerprint density at radius 3 is 2.52 bits per heavy atom. The van der Waals surface area contributed by atoms with Gasteiger partial charge in [0, 0.05) is 22.8 Å². The quantitative estimate of drug-likeness (QED) is 0.752. The Balaban J connectivity index is 1.98. The number of aromatic nitrogens is 2. The third kappa shape index (κ3) is 3.67. The van der Waals surface area contributed by atoms with Crippen molar-refractivity contribution in [2.75, 3.05) is 5.32 Å². The van der Waals surface area contributed by atoms with Crippen LogP contribution in [0.15, 0.2) is 60.9 Å². The van der Waals surface area contributed by atoms with Gasteiger partial charge in [-0.25, -0.2) is 9.97 Å². The number of fused-ring (bicyclic) bond motifs is 1. The molecule has 0 amide bonds. The standard InChI is InChI=1S/C18H15ClN4/c19-14-8-5-13(6-9-14)7-10-17-22-16-4-2-1-3-15(16)18(23-17)21-12-11-20/h1-12H,20H2,(H,21,22,23)/b10-7+,12-11+. The maximum Gasteiger partial charge on any atom is 0.154 e. The van der Waals surface area contributed by atoms with E-state index in [2.05, 4.69) is 15.3 Å². The molecule has 0 aliphatic heterocycles. The van der Waals surface area contributed by atoms with Crippen LogP contribution in [0, 0.1) is 0 Å². The second-order valence-electron chi connectivity index (χ2n) is 4.84. The van der Waals surface area contributed by atoms with Crippen molar-refractivity contribution in [3.8, 4) is 0 Å². The maximum atomic E-state index is 5.89. The summed E-state index contributed by atoms with van der Waals surface area (Å²) in [6.07, 6.45) is 6.89. The van der Waals surface area contributed by atoms with Crippen LogP contribution in [0.3, 0.4) is 0 Å². The van der Waals surface area contributed by atoms with Gasteiger partial charge in [-0.2, -0.15) is 0 Å². The second-order valence-corrected chi connectivity index (χ2v) is 5.27. The van der Waals surface area contributed by atoms with Gasteiger partial charge in [-0.3, -0.25) is 0 Å². The van der Waals surface area contributed by atoms with Crippen LogP contribution in [0.2, 0.25) is 5.02 Å². The van der Waals surface area contributed by atoms with Gasteiger partial charge in [-0.05, 0) is 35.9 Å². The molecule has 0 aliphatic rings. The Morgan fingerprint density at radius 2 is 1.74 bits per heavy atom. The number of rotatable bonds is 4. The van der Waals surface area contributed by atoms with Crippen LogP contribution in [-0.4, -0.2) is 9.97 Å². The molecular weight excluding hydrogens is 308 g/mol. The van der Waals surface area contributed by atoms with Gasteiger partial charge in [0.1, 0.15) is 5.82 Å². The zero-order valence-electron chi connectivity index (χ0n) is 12.3. The van der Waals surface area contributed by atoms with E-state index in [-0.39, 0.29) is 0 Å². The predicted molar refractivity (Wildman–Crippen MR) is 96.9 cm³/mol. The van der Waals surface area contributed by atoms with Crippen LogP contribution in [-0.2, 0) is 0 Å². The average Bonchev–Trinajstić information content (AvgIpc) is 2.59. The number of anilines is 1. The number of hydrogen-bond acceptors (Lipinski definition) is 4. The number of para-hydroxylation sites is 1. The monoisotopic (exact) mass is 322 g/mol. The summed E-state index contributed by atoms with van der Waals surface area (Å²) in [5.74, 6) is 1.33. The number of halogens is 1. The van der Waals surface area contributed by atoms with Crippen LogP contribution in [0.25, 0.3) is 23.1 Å². The van der Waals surface area contributed by atoms with Crippen molar-refractivity contribution < 1.29 is 0 Å². The molecule has 1 heterocycles. The van der Waals surface area contributed by atoms with Crippen molar-refractivity contribution in [2.45, 2.75) is 0 Å². The Hall–Kier alpha value is -2.85. The number of nitrogens with zero attached hydrogens (tertiary/aromatic N) is 2. The fourth-order valence-electron chi connectivity index (χ4n) is 2.15. The lowest BCUT2D eigenvalue weighted by Gasteiger charge is -2.06. The molecular formula is C18H15ClN4. The molecule has 0 aliphatic carbocycles. The second kappa shape index (κ2) is 6.94. The van der Waals surface area contributed by atoms with Crippen LogP contribution in [0.5, 0.6) is 0 Å². The minimum absolute atomic E-state index is 0.617. The summed E-state index contributed by atoms with van der Waals surface area (Å²) in [6, 6.07) is 15.4. The van der Waals surface area contributed by atoms with Gasteiger partial charge in [0.05, 0.1) is 5.52 Å². The van der Waals surface area contributed by atoms with E-state index in [9.17, 15) is 0 Å². The third-order valence-corrected chi connectivity index (χ3v) is 3.48. The van der Waals surface area contributed by atoms with Crippen LogP contribution in [0.4, 0.5) is 5.82 Å². The molecule has 0 atom stereocenters. The largest absolute Gasteiger partial charge is 0.403 e. The highest BCUT2D eigenvalue weighted by Gasteiger charge is 2.04.